The molecule has 21 heavy (non-hydrogen) atoms. The normalized spacial score (nSPS) is 15.2. The Morgan fingerprint density at radius 1 is 0.810 bits per heavy atom. The summed E-state index contributed by atoms with van der Waals surface area (Å²) in [5.74, 6) is 0.614. The molecule has 3 rings (SSSR count). The Hall–Kier alpha value is -2.42. The lowest BCUT2D eigenvalue weighted by Gasteiger charge is -2.20. The van der Waals surface area contributed by atoms with Gasteiger partial charge in [0.2, 0.25) is 0 Å². The van der Waals surface area contributed by atoms with Gasteiger partial charge < -0.3 is 4.90 Å². The van der Waals surface area contributed by atoms with Crippen LogP contribution in [0.1, 0.15) is 28.8 Å². The van der Waals surface area contributed by atoms with Crippen molar-refractivity contribution in [3.8, 4) is 0 Å². The maximum atomic E-state index is 12.4. The second kappa shape index (κ2) is 6.35. The first-order valence-corrected chi connectivity index (χ1v) is 7.33. The van der Waals surface area contributed by atoms with Crippen molar-refractivity contribution in [3.05, 3.63) is 71.8 Å². The lowest BCUT2D eigenvalue weighted by atomic mass is 10.2. The third-order valence-corrected chi connectivity index (χ3v) is 3.67. The third kappa shape index (κ3) is 3.19. The summed E-state index contributed by atoms with van der Waals surface area (Å²) < 4.78 is 0. The predicted molar refractivity (Wildman–Crippen MR) is 84.6 cm³/mol. The highest BCUT2D eigenvalue weighted by Crippen LogP contribution is 2.15. The molecule has 3 nitrogen and oxygen atoms in total. The zero-order valence-corrected chi connectivity index (χ0v) is 11.9. The molecule has 2 aromatic carbocycles. The maximum Gasteiger partial charge on any atom is 0.278 e. The van der Waals surface area contributed by atoms with Gasteiger partial charge in [-0.15, -0.1) is 0 Å². The Bertz CT molecular complexity index is 629. The Labute approximate surface area is 124 Å². The molecule has 1 aliphatic rings. The van der Waals surface area contributed by atoms with Gasteiger partial charge in [-0.25, -0.2) is 0 Å². The van der Waals surface area contributed by atoms with Crippen LogP contribution in [0.5, 0.6) is 0 Å². The molecule has 0 aliphatic carbocycles. The summed E-state index contributed by atoms with van der Waals surface area (Å²) in [7, 11) is 0. The van der Waals surface area contributed by atoms with Crippen molar-refractivity contribution < 1.29 is 4.79 Å². The molecule has 2 aromatic rings. The maximum absolute atomic E-state index is 12.4. The molecule has 3 heteroatoms. The van der Waals surface area contributed by atoms with Gasteiger partial charge in [0.05, 0.1) is 0 Å². The molecule has 106 valence electrons. The van der Waals surface area contributed by atoms with Crippen LogP contribution in [-0.2, 0) is 0 Å². The molecule has 0 spiro atoms. The minimum Gasteiger partial charge on any atom is -0.356 e. The number of hydrogen-bond acceptors (Lipinski definition) is 1. The van der Waals surface area contributed by atoms with Crippen molar-refractivity contribution in [2.75, 3.05) is 13.1 Å². The van der Waals surface area contributed by atoms with Gasteiger partial charge in [0.1, 0.15) is 5.84 Å². The highest BCUT2D eigenvalue weighted by atomic mass is 16.1. The van der Waals surface area contributed by atoms with E-state index in [0.717, 1.165) is 37.3 Å². The smallest absolute Gasteiger partial charge is 0.278 e. The second-order valence-corrected chi connectivity index (χ2v) is 5.17. The van der Waals surface area contributed by atoms with E-state index >= 15 is 0 Å². The molecule has 0 radical (unpaired) electrons. The number of aliphatic imine (C=N–C) groups is 1. The van der Waals surface area contributed by atoms with E-state index < -0.39 is 0 Å². The number of carbonyl (C=O) groups excluding carboxylic acids is 1. The van der Waals surface area contributed by atoms with Crippen molar-refractivity contribution in [3.63, 3.8) is 0 Å². The minimum absolute atomic E-state index is 0.179. The topological polar surface area (TPSA) is 32.7 Å². The number of benzene rings is 2. The van der Waals surface area contributed by atoms with E-state index in [1.54, 1.807) is 12.1 Å². The molecular formula is C18H18N2O. The number of nitrogens with zero attached hydrogens (tertiary/aromatic N) is 2. The molecule has 1 fully saturated rings. The molecule has 1 saturated heterocycles. The van der Waals surface area contributed by atoms with Gasteiger partial charge in [0, 0.05) is 24.2 Å². The molecule has 0 saturated carbocycles. The molecule has 1 aliphatic heterocycles. The third-order valence-electron chi connectivity index (χ3n) is 3.67. The average Bonchev–Trinajstić information content (AvgIpc) is 3.08. The van der Waals surface area contributed by atoms with E-state index in [0.29, 0.717) is 5.56 Å². The van der Waals surface area contributed by atoms with Crippen molar-refractivity contribution in [1.82, 2.24) is 4.90 Å². The predicted octanol–water partition coefficient (Wildman–Crippen LogP) is 3.37. The summed E-state index contributed by atoms with van der Waals surface area (Å²) in [5.41, 5.74) is 1.63. The van der Waals surface area contributed by atoms with Gasteiger partial charge >= 0.3 is 0 Å². The molecule has 0 aromatic heterocycles. The fourth-order valence-electron chi connectivity index (χ4n) is 2.58. The number of amidine groups is 1. The summed E-state index contributed by atoms with van der Waals surface area (Å²) in [6, 6.07) is 19.2. The van der Waals surface area contributed by atoms with E-state index in [4.69, 9.17) is 0 Å². The van der Waals surface area contributed by atoms with Crippen LogP contribution in [0, 0.1) is 0 Å². The second-order valence-electron chi connectivity index (χ2n) is 5.17. The van der Waals surface area contributed by atoms with E-state index in [-0.39, 0.29) is 5.91 Å². The summed E-state index contributed by atoms with van der Waals surface area (Å²) >= 11 is 0. The van der Waals surface area contributed by atoms with Gasteiger partial charge in [-0.1, -0.05) is 48.5 Å². The quantitative estimate of drug-likeness (QED) is 0.623. The SMILES string of the molecule is O=C(N=C(c1ccccc1)N1CCCC1)c1ccccc1. The minimum atomic E-state index is -0.179. The summed E-state index contributed by atoms with van der Waals surface area (Å²) in [4.78, 5) is 19.0. The first-order valence-electron chi connectivity index (χ1n) is 7.33. The molecule has 1 amide bonds. The van der Waals surface area contributed by atoms with Crippen LogP contribution in [0.15, 0.2) is 65.7 Å². The molecule has 0 atom stereocenters. The molecule has 0 N–H and O–H groups in total. The Balaban J connectivity index is 1.95. The Morgan fingerprint density at radius 3 is 1.90 bits per heavy atom. The number of likely N-dealkylation sites (tertiary alicyclic amines) is 1. The lowest BCUT2D eigenvalue weighted by molar-refractivity contribution is 0.100. The summed E-state index contributed by atoms with van der Waals surface area (Å²) in [5, 5.41) is 0. The zero-order chi connectivity index (χ0) is 14.5. The van der Waals surface area contributed by atoms with E-state index in [1.807, 2.05) is 48.5 Å². The van der Waals surface area contributed by atoms with Gasteiger partial charge in [-0.2, -0.15) is 4.99 Å². The van der Waals surface area contributed by atoms with Crippen molar-refractivity contribution in [2.24, 2.45) is 4.99 Å². The van der Waals surface area contributed by atoms with Crippen molar-refractivity contribution >= 4 is 11.7 Å². The lowest BCUT2D eigenvalue weighted by Crippen LogP contribution is -2.29. The number of rotatable bonds is 2. The summed E-state index contributed by atoms with van der Waals surface area (Å²) in [6.45, 7) is 1.94. The van der Waals surface area contributed by atoms with Crippen LogP contribution in [0.4, 0.5) is 0 Å². The van der Waals surface area contributed by atoms with Crippen LogP contribution < -0.4 is 0 Å². The van der Waals surface area contributed by atoms with Crippen molar-refractivity contribution in [2.45, 2.75) is 12.8 Å². The van der Waals surface area contributed by atoms with E-state index in [9.17, 15) is 4.79 Å². The van der Waals surface area contributed by atoms with Crippen LogP contribution in [0.3, 0.4) is 0 Å². The molecular weight excluding hydrogens is 260 g/mol. The van der Waals surface area contributed by atoms with E-state index in [1.165, 1.54) is 0 Å². The number of hydrogen-bond donors (Lipinski definition) is 0. The standard InChI is InChI=1S/C18H18N2O/c21-18(16-11-5-2-6-12-16)19-17(20-13-7-8-14-20)15-9-3-1-4-10-15/h1-6,9-12H,7-8,13-14H2. The first-order chi connectivity index (χ1) is 10.3. The van der Waals surface area contributed by atoms with Crippen molar-refractivity contribution in [1.29, 1.82) is 0 Å². The van der Waals surface area contributed by atoms with Gasteiger partial charge in [0.15, 0.2) is 0 Å². The van der Waals surface area contributed by atoms with Gasteiger partial charge in [0.25, 0.3) is 5.91 Å². The monoisotopic (exact) mass is 278 g/mol. The number of carbonyl (C=O) groups is 1. The van der Waals surface area contributed by atoms with Crippen LogP contribution in [-0.4, -0.2) is 29.7 Å². The molecule has 0 bridgehead atoms. The fraction of sp³-hybridized carbons (Fsp3) is 0.222. The molecule has 0 unspecified atom stereocenters. The largest absolute Gasteiger partial charge is 0.356 e. The highest BCUT2D eigenvalue weighted by Gasteiger charge is 2.19. The van der Waals surface area contributed by atoms with Crippen LogP contribution in [0.2, 0.25) is 0 Å². The highest BCUT2D eigenvalue weighted by molar-refractivity contribution is 6.09. The van der Waals surface area contributed by atoms with Crippen LogP contribution >= 0.6 is 0 Å². The zero-order valence-electron chi connectivity index (χ0n) is 11.9. The number of amides is 1. The van der Waals surface area contributed by atoms with E-state index in [2.05, 4.69) is 9.89 Å². The Kier molecular flexibility index (Phi) is 4.10. The summed E-state index contributed by atoms with van der Waals surface area (Å²) in [6.07, 6.45) is 2.32. The van der Waals surface area contributed by atoms with Gasteiger partial charge in [-0.05, 0) is 25.0 Å². The molecule has 1 heterocycles. The van der Waals surface area contributed by atoms with Crippen LogP contribution in [0.25, 0.3) is 0 Å². The fourth-order valence-corrected chi connectivity index (χ4v) is 2.58. The Morgan fingerprint density at radius 2 is 1.33 bits per heavy atom. The van der Waals surface area contributed by atoms with Gasteiger partial charge in [-0.3, -0.25) is 4.79 Å². The average molecular weight is 278 g/mol. The first kappa shape index (κ1) is 13.6.